The van der Waals surface area contributed by atoms with Crippen molar-refractivity contribution in [2.75, 3.05) is 0 Å². The van der Waals surface area contributed by atoms with Crippen LogP contribution >= 0.6 is 11.6 Å². The average molecular weight is 306 g/mol. The van der Waals surface area contributed by atoms with E-state index in [0.717, 1.165) is 48.7 Å². The van der Waals surface area contributed by atoms with E-state index >= 15 is 0 Å². The highest BCUT2D eigenvalue weighted by atomic mass is 35.5. The Morgan fingerprint density at radius 2 is 2.05 bits per heavy atom. The van der Waals surface area contributed by atoms with Crippen LogP contribution in [0.3, 0.4) is 0 Å². The van der Waals surface area contributed by atoms with E-state index in [-0.39, 0.29) is 0 Å². The van der Waals surface area contributed by atoms with Crippen molar-refractivity contribution >= 4 is 11.6 Å². The smallest absolute Gasteiger partial charge is 0.176 e. The van der Waals surface area contributed by atoms with Gasteiger partial charge in [0.05, 0.1) is 11.2 Å². The molecule has 21 heavy (non-hydrogen) atoms. The Labute approximate surface area is 129 Å². The molecule has 5 nitrogen and oxygen atoms in total. The molecule has 0 atom stereocenters. The van der Waals surface area contributed by atoms with Crippen LogP contribution in [-0.2, 0) is 5.54 Å². The summed E-state index contributed by atoms with van der Waals surface area (Å²) in [5.74, 6) is 1.45. The molecule has 112 valence electrons. The highest BCUT2D eigenvalue weighted by Crippen LogP contribution is 2.36. The van der Waals surface area contributed by atoms with Crippen LogP contribution in [0.15, 0.2) is 18.2 Å². The third-order valence-corrected chi connectivity index (χ3v) is 4.89. The van der Waals surface area contributed by atoms with Crippen LogP contribution in [0.1, 0.15) is 44.0 Å². The molecule has 2 N–H and O–H groups in total. The highest BCUT2D eigenvalue weighted by Gasteiger charge is 2.37. The maximum Gasteiger partial charge on any atom is 0.176 e. The van der Waals surface area contributed by atoms with Crippen molar-refractivity contribution in [2.45, 2.75) is 45.1 Å². The zero-order chi connectivity index (χ0) is 15.0. The summed E-state index contributed by atoms with van der Waals surface area (Å²) in [4.78, 5) is 0. The predicted molar refractivity (Wildman–Crippen MR) is 82.4 cm³/mol. The van der Waals surface area contributed by atoms with E-state index in [9.17, 15) is 0 Å². The molecule has 0 bridgehead atoms. The van der Waals surface area contributed by atoms with Gasteiger partial charge in [0, 0.05) is 5.02 Å². The van der Waals surface area contributed by atoms with Crippen LogP contribution in [-0.4, -0.2) is 20.2 Å². The van der Waals surface area contributed by atoms with Crippen molar-refractivity contribution in [3.8, 4) is 5.69 Å². The van der Waals surface area contributed by atoms with Crippen molar-refractivity contribution in [3.63, 3.8) is 0 Å². The SMILES string of the molecule is Cc1ccc(-n2nnnc2C2(N)CCC(C)CC2)cc1Cl. The average Bonchev–Trinajstić information content (AvgIpc) is 2.95. The lowest BCUT2D eigenvalue weighted by atomic mass is 9.77. The number of benzene rings is 1. The summed E-state index contributed by atoms with van der Waals surface area (Å²) in [6.45, 7) is 4.24. The van der Waals surface area contributed by atoms with Crippen molar-refractivity contribution in [2.24, 2.45) is 11.7 Å². The molecule has 1 aliphatic carbocycles. The number of hydrogen-bond acceptors (Lipinski definition) is 4. The zero-order valence-corrected chi connectivity index (χ0v) is 13.1. The van der Waals surface area contributed by atoms with Crippen LogP contribution in [0, 0.1) is 12.8 Å². The molecule has 3 rings (SSSR count). The minimum atomic E-state index is -0.451. The first-order valence-corrected chi connectivity index (χ1v) is 7.72. The van der Waals surface area contributed by atoms with Gasteiger partial charge < -0.3 is 5.73 Å². The van der Waals surface area contributed by atoms with Crippen LogP contribution < -0.4 is 5.73 Å². The van der Waals surface area contributed by atoms with E-state index in [1.807, 2.05) is 25.1 Å². The molecule has 1 aromatic heterocycles. The van der Waals surface area contributed by atoms with Crippen molar-refractivity contribution in [1.82, 2.24) is 20.2 Å². The standard InChI is InChI=1S/C15H20ClN5/c1-10-5-7-15(17,8-6-10)14-18-19-20-21(14)12-4-3-11(2)13(16)9-12/h3-4,9-10H,5-8,17H2,1-2H3. The third kappa shape index (κ3) is 2.68. The van der Waals surface area contributed by atoms with Crippen molar-refractivity contribution in [1.29, 1.82) is 0 Å². The topological polar surface area (TPSA) is 69.6 Å². The number of nitrogens with two attached hydrogens (primary N) is 1. The number of halogens is 1. The third-order valence-electron chi connectivity index (χ3n) is 4.48. The van der Waals surface area contributed by atoms with Gasteiger partial charge in [-0.1, -0.05) is 24.6 Å². The molecule has 0 saturated heterocycles. The van der Waals surface area contributed by atoms with E-state index < -0.39 is 5.54 Å². The lowest BCUT2D eigenvalue weighted by Gasteiger charge is -2.34. The molecule has 0 amide bonds. The molecular formula is C15H20ClN5. The van der Waals surface area contributed by atoms with Gasteiger partial charge in [0.15, 0.2) is 5.82 Å². The quantitative estimate of drug-likeness (QED) is 0.926. The van der Waals surface area contributed by atoms with Gasteiger partial charge in [-0.25, -0.2) is 0 Å². The van der Waals surface area contributed by atoms with Crippen molar-refractivity contribution in [3.05, 3.63) is 34.6 Å². The highest BCUT2D eigenvalue weighted by molar-refractivity contribution is 6.31. The Hall–Kier alpha value is -1.46. The second-order valence-corrected chi connectivity index (χ2v) is 6.59. The number of rotatable bonds is 2. The van der Waals surface area contributed by atoms with Crippen LogP contribution in [0.4, 0.5) is 0 Å². The number of nitrogens with zero attached hydrogens (tertiary/aromatic N) is 4. The van der Waals surface area contributed by atoms with E-state index in [0.29, 0.717) is 5.02 Å². The maximum atomic E-state index is 6.60. The van der Waals surface area contributed by atoms with Gasteiger partial charge in [-0.05, 0) is 66.6 Å². The summed E-state index contributed by atoms with van der Waals surface area (Å²) < 4.78 is 1.72. The van der Waals surface area contributed by atoms with Gasteiger partial charge in [-0.3, -0.25) is 0 Å². The van der Waals surface area contributed by atoms with Crippen molar-refractivity contribution < 1.29 is 0 Å². The largest absolute Gasteiger partial charge is 0.319 e. The summed E-state index contributed by atoms with van der Waals surface area (Å²) in [6, 6.07) is 5.82. The molecular weight excluding hydrogens is 286 g/mol. The minimum absolute atomic E-state index is 0.451. The monoisotopic (exact) mass is 305 g/mol. The van der Waals surface area contributed by atoms with Gasteiger partial charge in [0.2, 0.25) is 0 Å². The molecule has 1 heterocycles. The summed E-state index contributed by atoms with van der Waals surface area (Å²) in [7, 11) is 0. The van der Waals surface area contributed by atoms with Gasteiger partial charge in [-0.15, -0.1) is 5.10 Å². The number of aryl methyl sites for hydroxylation is 1. The van der Waals surface area contributed by atoms with Crippen LogP contribution in [0.2, 0.25) is 5.02 Å². The fourth-order valence-corrected chi connectivity index (χ4v) is 3.06. The Bertz CT molecular complexity index is 643. The van der Waals surface area contributed by atoms with Gasteiger partial charge in [0.1, 0.15) is 0 Å². The molecule has 0 unspecified atom stereocenters. The summed E-state index contributed by atoms with van der Waals surface area (Å²) in [6.07, 6.45) is 4.04. The van der Waals surface area contributed by atoms with Crippen LogP contribution in [0.25, 0.3) is 5.69 Å². The van der Waals surface area contributed by atoms with Gasteiger partial charge >= 0.3 is 0 Å². The molecule has 6 heteroatoms. The second kappa shape index (κ2) is 5.39. The minimum Gasteiger partial charge on any atom is -0.319 e. The molecule has 1 aliphatic rings. The summed E-state index contributed by atoms with van der Waals surface area (Å²) in [5.41, 5.74) is 8.03. The lowest BCUT2D eigenvalue weighted by molar-refractivity contribution is 0.233. The van der Waals surface area contributed by atoms with Crippen LogP contribution in [0.5, 0.6) is 0 Å². The summed E-state index contributed by atoms with van der Waals surface area (Å²) in [5, 5.41) is 12.8. The molecule has 0 radical (unpaired) electrons. The lowest BCUT2D eigenvalue weighted by Crippen LogP contribution is -2.42. The fourth-order valence-electron chi connectivity index (χ4n) is 2.89. The van der Waals surface area contributed by atoms with E-state index in [4.69, 9.17) is 17.3 Å². The molecule has 1 saturated carbocycles. The van der Waals surface area contributed by atoms with E-state index in [1.54, 1.807) is 4.68 Å². The zero-order valence-electron chi connectivity index (χ0n) is 12.4. The fraction of sp³-hybridized carbons (Fsp3) is 0.533. The Morgan fingerprint density at radius 3 is 2.71 bits per heavy atom. The Kier molecular flexibility index (Phi) is 3.71. The first-order valence-electron chi connectivity index (χ1n) is 7.34. The van der Waals surface area contributed by atoms with E-state index in [1.165, 1.54) is 0 Å². The number of hydrogen-bond donors (Lipinski definition) is 1. The Morgan fingerprint density at radius 1 is 1.33 bits per heavy atom. The normalized spacial score (nSPS) is 26.0. The second-order valence-electron chi connectivity index (χ2n) is 6.19. The Balaban J connectivity index is 1.99. The molecule has 0 aliphatic heterocycles. The molecule has 1 aromatic carbocycles. The molecule has 1 fully saturated rings. The summed E-state index contributed by atoms with van der Waals surface area (Å²) >= 11 is 6.21. The van der Waals surface area contributed by atoms with E-state index in [2.05, 4.69) is 22.4 Å². The maximum absolute atomic E-state index is 6.60. The number of tetrazole rings is 1. The molecule has 2 aromatic rings. The first-order chi connectivity index (χ1) is 9.99. The first kappa shape index (κ1) is 14.5. The predicted octanol–water partition coefficient (Wildman–Crippen LogP) is 2.99. The van der Waals surface area contributed by atoms with Gasteiger partial charge in [-0.2, -0.15) is 4.68 Å². The number of aromatic nitrogens is 4. The molecule has 0 spiro atoms. The van der Waals surface area contributed by atoms with Gasteiger partial charge in [0.25, 0.3) is 0 Å².